The van der Waals surface area contributed by atoms with Gasteiger partial charge in [-0.2, -0.15) is 0 Å². The fourth-order valence-electron chi connectivity index (χ4n) is 2.22. The van der Waals surface area contributed by atoms with E-state index in [4.69, 9.17) is 0 Å². The van der Waals surface area contributed by atoms with Gasteiger partial charge in [-0.15, -0.1) is 11.3 Å². The van der Waals surface area contributed by atoms with E-state index in [1.165, 1.54) is 11.3 Å². The number of carbonyl (C=O) groups is 2. The minimum absolute atomic E-state index is 0.0673. The molecule has 2 amide bonds. The molecule has 0 saturated heterocycles. The Kier molecular flexibility index (Phi) is 3.84. The number of amides is 2. The van der Waals surface area contributed by atoms with Crippen molar-refractivity contribution >= 4 is 39.1 Å². The van der Waals surface area contributed by atoms with Crippen LogP contribution < -0.4 is 5.32 Å². The quantitative estimate of drug-likeness (QED) is 0.804. The van der Waals surface area contributed by atoms with Gasteiger partial charge in [-0.3, -0.25) is 14.9 Å². The number of benzene rings is 1. The number of hydrogen-bond acceptors (Lipinski definition) is 5. The monoisotopic (exact) mass is 378 g/mol. The van der Waals surface area contributed by atoms with E-state index in [0.717, 1.165) is 15.0 Å². The van der Waals surface area contributed by atoms with Gasteiger partial charge < -0.3 is 5.11 Å². The van der Waals surface area contributed by atoms with Crippen molar-refractivity contribution in [2.24, 2.45) is 0 Å². The Balaban J connectivity index is 1.92. The number of thiazole rings is 1. The Labute approximate surface area is 138 Å². The van der Waals surface area contributed by atoms with Gasteiger partial charge in [0.05, 0.1) is 11.3 Å². The summed E-state index contributed by atoms with van der Waals surface area (Å²) in [6.45, 7) is 1.74. The molecule has 7 heteroatoms. The highest BCUT2D eigenvalue weighted by Crippen LogP contribution is 2.32. The molecule has 0 radical (unpaired) electrons. The third-order valence-electron chi connectivity index (χ3n) is 3.43. The minimum atomic E-state index is -0.754. The summed E-state index contributed by atoms with van der Waals surface area (Å²) in [7, 11) is 0. The minimum Gasteiger partial charge on any atom is -0.503 e. The Hall–Kier alpha value is -1.99. The molecule has 1 aromatic carbocycles. The predicted octanol–water partition coefficient (Wildman–Crippen LogP) is 3.14. The Bertz CT molecular complexity index is 795. The Morgan fingerprint density at radius 2 is 1.91 bits per heavy atom. The van der Waals surface area contributed by atoms with Crippen molar-refractivity contribution in [2.45, 2.75) is 12.8 Å². The summed E-state index contributed by atoms with van der Waals surface area (Å²) in [5.74, 6) is -2.29. The molecule has 0 bridgehead atoms. The van der Waals surface area contributed by atoms with Crippen LogP contribution in [0.4, 0.5) is 0 Å². The molecule has 112 valence electrons. The number of nitrogens with zero attached hydrogens (tertiary/aromatic N) is 1. The third kappa shape index (κ3) is 2.57. The summed E-state index contributed by atoms with van der Waals surface area (Å²) in [6.07, 6.45) is 0. The number of hydrogen-bond donors (Lipinski definition) is 2. The SMILES string of the molecule is CC(C1=C(O)C(=O)NC1=O)c1csc(-c2ccc(Br)cc2)n1. The van der Waals surface area contributed by atoms with Crippen molar-refractivity contribution < 1.29 is 14.7 Å². The molecule has 1 aliphatic heterocycles. The number of rotatable bonds is 3. The van der Waals surface area contributed by atoms with E-state index < -0.39 is 23.5 Å². The van der Waals surface area contributed by atoms with Gasteiger partial charge in [0.25, 0.3) is 11.8 Å². The maximum Gasteiger partial charge on any atom is 0.293 e. The first-order valence-corrected chi connectivity index (χ1v) is 8.15. The second-order valence-corrected chi connectivity index (χ2v) is 6.63. The summed E-state index contributed by atoms with van der Waals surface area (Å²) in [4.78, 5) is 27.6. The van der Waals surface area contributed by atoms with Crippen LogP contribution in [0.2, 0.25) is 0 Å². The van der Waals surface area contributed by atoms with Crippen molar-refractivity contribution in [3.05, 3.63) is 51.1 Å². The van der Waals surface area contributed by atoms with Crippen LogP contribution in [-0.4, -0.2) is 21.9 Å². The number of aliphatic hydroxyl groups excluding tert-OH is 1. The third-order valence-corrected chi connectivity index (χ3v) is 4.87. The highest BCUT2D eigenvalue weighted by atomic mass is 79.9. The molecule has 0 saturated carbocycles. The van der Waals surface area contributed by atoms with E-state index >= 15 is 0 Å². The number of imide groups is 1. The molecule has 5 nitrogen and oxygen atoms in total. The summed E-state index contributed by atoms with van der Waals surface area (Å²) >= 11 is 4.83. The molecule has 2 N–H and O–H groups in total. The van der Waals surface area contributed by atoms with Crippen molar-refractivity contribution in [2.75, 3.05) is 0 Å². The highest BCUT2D eigenvalue weighted by Gasteiger charge is 2.34. The van der Waals surface area contributed by atoms with E-state index in [-0.39, 0.29) is 5.57 Å². The number of aromatic nitrogens is 1. The standard InChI is InChI=1S/C15H11BrN2O3S/c1-7(11-12(19)14(21)18-13(11)20)10-6-22-15(17-10)8-2-4-9(16)5-3-8/h2-7H,1H3,(H2,18,19,20,21). The summed E-state index contributed by atoms with van der Waals surface area (Å²) in [5.41, 5.74) is 1.68. The van der Waals surface area contributed by atoms with Crippen LogP contribution in [0, 0.1) is 0 Å². The van der Waals surface area contributed by atoms with Gasteiger partial charge in [0.1, 0.15) is 5.01 Å². The average molecular weight is 379 g/mol. The molecule has 0 aliphatic carbocycles. The molecule has 1 aromatic heterocycles. The molecule has 22 heavy (non-hydrogen) atoms. The van der Waals surface area contributed by atoms with Crippen LogP contribution in [0.5, 0.6) is 0 Å². The average Bonchev–Trinajstić information content (AvgIpc) is 3.06. The van der Waals surface area contributed by atoms with Crippen molar-refractivity contribution in [1.29, 1.82) is 0 Å². The van der Waals surface area contributed by atoms with Crippen LogP contribution in [0.1, 0.15) is 18.5 Å². The zero-order chi connectivity index (χ0) is 15.9. The first-order valence-electron chi connectivity index (χ1n) is 6.47. The molecule has 1 unspecified atom stereocenters. The zero-order valence-electron chi connectivity index (χ0n) is 11.5. The second-order valence-electron chi connectivity index (χ2n) is 4.85. The molecule has 2 aromatic rings. The highest BCUT2D eigenvalue weighted by molar-refractivity contribution is 9.10. The summed E-state index contributed by atoms with van der Waals surface area (Å²) in [6, 6.07) is 7.74. The van der Waals surface area contributed by atoms with E-state index in [0.29, 0.717) is 5.69 Å². The zero-order valence-corrected chi connectivity index (χ0v) is 13.9. The fraction of sp³-hybridized carbons (Fsp3) is 0.133. The first-order chi connectivity index (χ1) is 10.5. The molecule has 0 fully saturated rings. The maximum absolute atomic E-state index is 11.7. The van der Waals surface area contributed by atoms with Gasteiger partial charge in [0.2, 0.25) is 0 Å². The van der Waals surface area contributed by atoms with Crippen LogP contribution in [-0.2, 0) is 9.59 Å². The fourth-order valence-corrected chi connectivity index (χ4v) is 3.40. The van der Waals surface area contributed by atoms with Crippen LogP contribution >= 0.6 is 27.3 Å². The Morgan fingerprint density at radius 3 is 2.50 bits per heavy atom. The van der Waals surface area contributed by atoms with E-state index in [9.17, 15) is 14.7 Å². The van der Waals surface area contributed by atoms with Crippen LogP contribution in [0.15, 0.2) is 45.5 Å². The predicted molar refractivity (Wildman–Crippen MR) is 86.5 cm³/mol. The largest absolute Gasteiger partial charge is 0.503 e. The van der Waals surface area contributed by atoms with Crippen molar-refractivity contribution in [1.82, 2.24) is 10.3 Å². The summed E-state index contributed by atoms with van der Waals surface area (Å²) < 4.78 is 0.984. The molecule has 1 aliphatic rings. The summed E-state index contributed by atoms with van der Waals surface area (Å²) in [5, 5.41) is 14.5. The number of carbonyl (C=O) groups excluding carboxylic acids is 2. The van der Waals surface area contributed by atoms with Crippen LogP contribution in [0.25, 0.3) is 10.6 Å². The van der Waals surface area contributed by atoms with Gasteiger partial charge >= 0.3 is 0 Å². The van der Waals surface area contributed by atoms with Gasteiger partial charge in [-0.1, -0.05) is 35.0 Å². The normalized spacial score (nSPS) is 16.1. The molecule has 3 rings (SSSR count). The van der Waals surface area contributed by atoms with Crippen LogP contribution in [0.3, 0.4) is 0 Å². The lowest BCUT2D eigenvalue weighted by Crippen LogP contribution is -2.24. The molecular formula is C15H11BrN2O3S. The van der Waals surface area contributed by atoms with Gasteiger partial charge in [-0.05, 0) is 12.1 Å². The maximum atomic E-state index is 11.7. The molecule has 0 spiro atoms. The Morgan fingerprint density at radius 1 is 1.23 bits per heavy atom. The number of halogens is 1. The van der Waals surface area contributed by atoms with Crippen molar-refractivity contribution in [3.63, 3.8) is 0 Å². The molecular weight excluding hydrogens is 368 g/mol. The van der Waals surface area contributed by atoms with E-state index in [1.54, 1.807) is 6.92 Å². The lowest BCUT2D eigenvalue weighted by molar-refractivity contribution is -0.125. The molecule has 1 atom stereocenters. The second kappa shape index (κ2) is 5.66. The lowest BCUT2D eigenvalue weighted by Gasteiger charge is -2.07. The molecule has 2 heterocycles. The number of aliphatic hydroxyl groups is 1. The lowest BCUT2D eigenvalue weighted by atomic mass is 9.98. The van der Waals surface area contributed by atoms with Gasteiger partial charge in [0, 0.05) is 21.3 Å². The smallest absolute Gasteiger partial charge is 0.293 e. The topological polar surface area (TPSA) is 79.3 Å². The number of nitrogens with one attached hydrogen (secondary N) is 1. The van der Waals surface area contributed by atoms with Gasteiger partial charge in [0.15, 0.2) is 5.76 Å². The van der Waals surface area contributed by atoms with E-state index in [2.05, 4.69) is 26.2 Å². The van der Waals surface area contributed by atoms with Gasteiger partial charge in [-0.25, -0.2) is 4.98 Å². The van der Waals surface area contributed by atoms with E-state index in [1.807, 2.05) is 29.6 Å². The van der Waals surface area contributed by atoms with Crippen molar-refractivity contribution in [3.8, 4) is 10.6 Å². The first kappa shape index (κ1) is 14.9.